The SMILES string of the molecule is CCCCCCCC(NS(=O)[O-])c1cccc(C(c2c(O)c3c(oc2=O)CCCCCC3)C2CC2)c1. The summed E-state index contributed by atoms with van der Waals surface area (Å²) in [5, 5.41) is 11.4. The summed E-state index contributed by atoms with van der Waals surface area (Å²) in [6.07, 6.45) is 13.9. The number of aromatic hydroxyl groups is 1. The molecule has 2 N–H and O–H groups in total. The Morgan fingerprint density at radius 1 is 1.08 bits per heavy atom. The molecule has 36 heavy (non-hydrogen) atoms. The van der Waals surface area contributed by atoms with E-state index in [-0.39, 0.29) is 23.6 Å². The molecule has 198 valence electrons. The molecule has 4 rings (SSSR count). The molecule has 3 unspecified atom stereocenters. The molecule has 0 amide bonds. The number of unbranched alkanes of at least 4 members (excludes halogenated alkanes) is 4. The summed E-state index contributed by atoms with van der Waals surface area (Å²) in [6, 6.07) is 7.59. The zero-order valence-corrected chi connectivity index (χ0v) is 22.2. The molecular weight excluding hydrogens is 474 g/mol. The molecule has 7 heteroatoms. The lowest BCUT2D eigenvalue weighted by Crippen LogP contribution is -2.24. The largest absolute Gasteiger partial charge is 0.760 e. The Hall–Kier alpha value is -1.96. The normalized spacial score (nSPS) is 18.6. The molecule has 0 bridgehead atoms. The first-order valence-electron chi connectivity index (χ1n) is 13.8. The van der Waals surface area contributed by atoms with Crippen molar-refractivity contribution >= 4 is 11.3 Å². The van der Waals surface area contributed by atoms with E-state index in [2.05, 4.69) is 11.6 Å². The Morgan fingerprint density at radius 2 is 1.81 bits per heavy atom. The van der Waals surface area contributed by atoms with Gasteiger partial charge in [0.05, 0.1) is 5.56 Å². The second-order valence-corrected chi connectivity index (χ2v) is 11.3. The van der Waals surface area contributed by atoms with Crippen LogP contribution in [0.15, 0.2) is 33.5 Å². The summed E-state index contributed by atoms with van der Waals surface area (Å²) >= 11 is -2.37. The summed E-state index contributed by atoms with van der Waals surface area (Å²) in [5.74, 6) is 0.792. The fourth-order valence-electron chi connectivity index (χ4n) is 5.73. The first kappa shape index (κ1) is 27.1. The van der Waals surface area contributed by atoms with Crippen LogP contribution in [0.3, 0.4) is 0 Å². The van der Waals surface area contributed by atoms with Gasteiger partial charge in [-0.2, -0.15) is 0 Å². The molecule has 1 fully saturated rings. The molecule has 1 aromatic carbocycles. The van der Waals surface area contributed by atoms with E-state index in [1.807, 2.05) is 24.3 Å². The molecule has 1 saturated carbocycles. The van der Waals surface area contributed by atoms with Crippen molar-refractivity contribution in [2.75, 3.05) is 0 Å². The van der Waals surface area contributed by atoms with E-state index < -0.39 is 16.9 Å². The molecule has 2 aromatic rings. The third-order valence-electron chi connectivity index (χ3n) is 7.81. The van der Waals surface area contributed by atoms with Gasteiger partial charge in [0.15, 0.2) is 0 Å². The Balaban J connectivity index is 1.65. The van der Waals surface area contributed by atoms with E-state index in [1.165, 1.54) is 12.8 Å². The second kappa shape index (κ2) is 13.0. The lowest BCUT2D eigenvalue weighted by atomic mass is 9.84. The average Bonchev–Trinajstić information content (AvgIpc) is 3.67. The van der Waals surface area contributed by atoms with Gasteiger partial charge < -0.3 is 14.1 Å². The highest BCUT2D eigenvalue weighted by molar-refractivity contribution is 7.77. The molecule has 2 aliphatic carbocycles. The van der Waals surface area contributed by atoms with Crippen molar-refractivity contribution in [2.24, 2.45) is 5.92 Å². The van der Waals surface area contributed by atoms with Crippen LogP contribution >= 0.6 is 0 Å². The molecule has 1 heterocycles. The summed E-state index contributed by atoms with van der Waals surface area (Å²) in [5.41, 5.74) is 2.59. The number of hydrogen-bond donors (Lipinski definition) is 2. The third-order valence-corrected chi connectivity index (χ3v) is 8.28. The second-order valence-electron chi connectivity index (χ2n) is 10.6. The predicted octanol–water partition coefficient (Wildman–Crippen LogP) is 6.33. The summed E-state index contributed by atoms with van der Waals surface area (Å²) in [6.45, 7) is 2.18. The zero-order valence-electron chi connectivity index (χ0n) is 21.4. The van der Waals surface area contributed by atoms with E-state index in [9.17, 15) is 18.7 Å². The number of fused-ring (bicyclic) bond motifs is 1. The topological polar surface area (TPSA) is 103 Å². The van der Waals surface area contributed by atoms with Gasteiger partial charge in [-0.15, -0.1) is 0 Å². The number of aryl methyl sites for hydroxylation is 1. The van der Waals surface area contributed by atoms with Crippen LogP contribution in [0.2, 0.25) is 0 Å². The van der Waals surface area contributed by atoms with Crippen molar-refractivity contribution in [1.82, 2.24) is 4.72 Å². The Bertz CT molecular complexity index is 1090. The fraction of sp³-hybridized carbons (Fsp3) is 0.621. The van der Waals surface area contributed by atoms with Crippen LogP contribution in [0.5, 0.6) is 5.75 Å². The summed E-state index contributed by atoms with van der Waals surface area (Å²) < 4.78 is 31.6. The van der Waals surface area contributed by atoms with Crippen molar-refractivity contribution in [2.45, 2.75) is 109 Å². The highest BCUT2D eigenvalue weighted by Crippen LogP contribution is 2.49. The molecule has 0 radical (unpaired) electrons. The summed E-state index contributed by atoms with van der Waals surface area (Å²) in [7, 11) is 0. The minimum atomic E-state index is -2.37. The minimum absolute atomic E-state index is 0.122. The van der Waals surface area contributed by atoms with Crippen LogP contribution in [-0.2, 0) is 24.1 Å². The first-order chi connectivity index (χ1) is 17.5. The van der Waals surface area contributed by atoms with Gasteiger partial charge in [0.2, 0.25) is 0 Å². The van der Waals surface area contributed by atoms with Gasteiger partial charge in [-0.25, -0.2) is 9.52 Å². The maximum atomic E-state index is 13.2. The molecule has 1 aromatic heterocycles. The number of benzene rings is 1. The zero-order chi connectivity index (χ0) is 25.5. The van der Waals surface area contributed by atoms with Gasteiger partial charge >= 0.3 is 5.63 Å². The number of hydrogen-bond acceptors (Lipinski definition) is 5. The van der Waals surface area contributed by atoms with Gasteiger partial charge in [0, 0.05) is 35.2 Å². The van der Waals surface area contributed by atoms with Gasteiger partial charge in [0.25, 0.3) is 0 Å². The van der Waals surface area contributed by atoms with E-state index in [4.69, 9.17) is 4.42 Å². The third kappa shape index (κ3) is 6.87. The van der Waals surface area contributed by atoms with Crippen molar-refractivity contribution in [3.63, 3.8) is 0 Å². The highest BCUT2D eigenvalue weighted by atomic mass is 32.2. The molecule has 0 aliphatic heterocycles. The lowest BCUT2D eigenvalue weighted by Gasteiger charge is -2.24. The van der Waals surface area contributed by atoms with Crippen LogP contribution in [0.1, 0.15) is 124 Å². The fourth-order valence-corrected chi connectivity index (χ4v) is 6.22. The maximum Gasteiger partial charge on any atom is 0.343 e. The summed E-state index contributed by atoms with van der Waals surface area (Å²) in [4.78, 5) is 13.2. The molecule has 0 spiro atoms. The smallest absolute Gasteiger partial charge is 0.343 e. The van der Waals surface area contributed by atoms with Crippen molar-refractivity contribution in [3.8, 4) is 5.75 Å². The average molecular weight is 515 g/mol. The quantitative estimate of drug-likeness (QED) is 0.254. The first-order valence-corrected chi connectivity index (χ1v) is 14.9. The van der Waals surface area contributed by atoms with Crippen LogP contribution < -0.4 is 10.3 Å². The number of nitrogens with one attached hydrogen (secondary N) is 1. The highest BCUT2D eigenvalue weighted by Gasteiger charge is 2.38. The van der Waals surface area contributed by atoms with Crippen molar-refractivity contribution in [1.29, 1.82) is 0 Å². The monoisotopic (exact) mass is 514 g/mol. The van der Waals surface area contributed by atoms with Crippen LogP contribution in [-0.4, -0.2) is 13.9 Å². The van der Waals surface area contributed by atoms with Gasteiger partial charge in [-0.05, 0) is 55.6 Å². The van der Waals surface area contributed by atoms with Crippen LogP contribution in [0, 0.1) is 5.92 Å². The Morgan fingerprint density at radius 3 is 2.53 bits per heavy atom. The molecule has 0 saturated heterocycles. The van der Waals surface area contributed by atoms with Crippen LogP contribution in [0.25, 0.3) is 0 Å². The van der Waals surface area contributed by atoms with Crippen molar-refractivity contribution < 1.29 is 18.3 Å². The standard InChI is InChI=1S/C29H41NO5S/c1-2-3-4-5-9-15-24(30-36(33)34)21-12-11-13-22(19-21)26(20-17-18-20)27-28(31)23-14-8-6-7-10-16-25(23)35-29(27)32/h11-13,19-20,24,26,30-31H,2-10,14-18H2,1H3,(H,33,34)/p-1. The molecule has 2 aliphatic rings. The molecule has 3 atom stereocenters. The predicted molar refractivity (Wildman–Crippen MR) is 142 cm³/mol. The maximum absolute atomic E-state index is 13.2. The Labute approximate surface area is 217 Å². The molecule has 6 nitrogen and oxygen atoms in total. The van der Waals surface area contributed by atoms with Crippen molar-refractivity contribution in [3.05, 3.63) is 62.7 Å². The van der Waals surface area contributed by atoms with Crippen LogP contribution in [0.4, 0.5) is 0 Å². The molecular formula is C29H40NO5S-. The van der Waals surface area contributed by atoms with Gasteiger partial charge in [-0.1, -0.05) is 76.1 Å². The Kier molecular flexibility index (Phi) is 9.80. The minimum Gasteiger partial charge on any atom is -0.760 e. The lowest BCUT2D eigenvalue weighted by molar-refractivity contribution is 0.382. The van der Waals surface area contributed by atoms with E-state index >= 15 is 0 Å². The number of rotatable bonds is 12. The van der Waals surface area contributed by atoms with E-state index in [0.29, 0.717) is 17.7 Å². The van der Waals surface area contributed by atoms with E-state index in [1.54, 1.807) is 0 Å². The van der Waals surface area contributed by atoms with Gasteiger partial charge in [-0.3, -0.25) is 4.21 Å². The van der Waals surface area contributed by atoms with E-state index in [0.717, 1.165) is 87.3 Å². The van der Waals surface area contributed by atoms with Gasteiger partial charge in [0.1, 0.15) is 11.5 Å².